The Labute approximate surface area is 179 Å². The summed E-state index contributed by atoms with van der Waals surface area (Å²) in [5.74, 6) is 1.41. The van der Waals surface area contributed by atoms with E-state index in [1.165, 1.54) is 17.5 Å². The maximum absolute atomic E-state index is 12.5. The second-order valence-corrected chi connectivity index (χ2v) is 7.54. The SMILES string of the molecule is O=C(Nc1ncn(Cc2ccccc2)n1)c1ccc(COc2ccc3c(c2)CCC3)o1. The lowest BCUT2D eigenvalue weighted by Crippen LogP contribution is -2.12. The number of aryl methyl sites for hydroxylation is 2. The molecule has 31 heavy (non-hydrogen) atoms. The molecular formula is C24H22N4O3. The summed E-state index contributed by atoms with van der Waals surface area (Å²) < 4.78 is 13.1. The molecule has 0 saturated heterocycles. The summed E-state index contributed by atoms with van der Waals surface area (Å²) in [6, 6.07) is 19.5. The van der Waals surface area contributed by atoms with Crippen LogP contribution in [0.1, 0.15) is 39.4 Å². The highest BCUT2D eigenvalue weighted by atomic mass is 16.5. The van der Waals surface area contributed by atoms with Crippen molar-refractivity contribution in [2.24, 2.45) is 0 Å². The predicted molar refractivity (Wildman–Crippen MR) is 115 cm³/mol. The van der Waals surface area contributed by atoms with Gasteiger partial charge >= 0.3 is 0 Å². The van der Waals surface area contributed by atoms with Crippen LogP contribution in [0, 0.1) is 0 Å². The van der Waals surface area contributed by atoms with Crippen LogP contribution in [0.15, 0.2) is 71.4 Å². The molecule has 5 rings (SSSR count). The number of benzene rings is 2. The van der Waals surface area contributed by atoms with E-state index in [4.69, 9.17) is 9.15 Å². The molecule has 0 unspecified atom stereocenters. The van der Waals surface area contributed by atoms with Crippen molar-refractivity contribution in [1.82, 2.24) is 14.8 Å². The Balaban J connectivity index is 1.17. The molecule has 4 aromatic rings. The molecule has 0 atom stereocenters. The molecule has 2 aromatic carbocycles. The Kier molecular flexibility index (Phi) is 5.22. The molecule has 0 fully saturated rings. The van der Waals surface area contributed by atoms with Gasteiger partial charge in [-0.15, -0.1) is 5.10 Å². The first kappa shape index (κ1) is 19.1. The van der Waals surface area contributed by atoms with E-state index < -0.39 is 5.91 Å². The molecule has 1 N–H and O–H groups in total. The first-order valence-corrected chi connectivity index (χ1v) is 10.3. The first-order valence-electron chi connectivity index (χ1n) is 10.3. The maximum Gasteiger partial charge on any atom is 0.293 e. The van der Waals surface area contributed by atoms with Crippen LogP contribution in [0.4, 0.5) is 5.95 Å². The predicted octanol–water partition coefficient (Wildman–Crippen LogP) is 4.24. The monoisotopic (exact) mass is 414 g/mol. The van der Waals surface area contributed by atoms with E-state index in [9.17, 15) is 4.79 Å². The third-order valence-electron chi connectivity index (χ3n) is 5.29. The minimum Gasteiger partial charge on any atom is -0.486 e. The third-order valence-corrected chi connectivity index (χ3v) is 5.29. The molecule has 0 radical (unpaired) electrons. The smallest absolute Gasteiger partial charge is 0.293 e. The van der Waals surface area contributed by atoms with Gasteiger partial charge in [0.25, 0.3) is 5.91 Å². The van der Waals surface area contributed by atoms with Gasteiger partial charge in [-0.1, -0.05) is 36.4 Å². The lowest BCUT2D eigenvalue weighted by molar-refractivity contribution is 0.0991. The van der Waals surface area contributed by atoms with Crippen LogP contribution in [0.25, 0.3) is 0 Å². The number of rotatable bonds is 7. The standard InChI is InChI=1S/C24H22N4O3/c29-23(26-24-25-16-28(27-24)14-17-5-2-1-3-6-17)22-12-11-21(31-22)15-30-20-10-9-18-7-4-8-19(18)13-20/h1-3,5-6,9-13,16H,4,7-8,14-15H2,(H,26,27,29). The quantitative estimate of drug-likeness (QED) is 0.489. The van der Waals surface area contributed by atoms with E-state index in [1.54, 1.807) is 23.1 Å². The highest BCUT2D eigenvalue weighted by Gasteiger charge is 2.15. The fourth-order valence-corrected chi connectivity index (χ4v) is 3.73. The summed E-state index contributed by atoms with van der Waals surface area (Å²) in [7, 11) is 0. The zero-order chi connectivity index (χ0) is 21.0. The van der Waals surface area contributed by atoms with Gasteiger partial charge in [0.15, 0.2) is 5.76 Å². The average Bonchev–Trinajstić information content (AvgIpc) is 3.54. The van der Waals surface area contributed by atoms with Crippen molar-refractivity contribution in [3.8, 4) is 5.75 Å². The summed E-state index contributed by atoms with van der Waals surface area (Å²) in [6.45, 7) is 0.838. The minimum atomic E-state index is -0.402. The minimum absolute atomic E-state index is 0.187. The van der Waals surface area contributed by atoms with Crippen LogP contribution >= 0.6 is 0 Å². The highest BCUT2D eigenvalue weighted by Crippen LogP contribution is 2.26. The van der Waals surface area contributed by atoms with Crippen LogP contribution in [-0.2, 0) is 26.0 Å². The number of amides is 1. The molecule has 0 spiro atoms. The molecule has 156 valence electrons. The summed E-state index contributed by atoms with van der Waals surface area (Å²) in [5.41, 5.74) is 3.87. The van der Waals surface area contributed by atoms with Crippen LogP contribution in [0.2, 0.25) is 0 Å². The van der Waals surface area contributed by atoms with E-state index in [-0.39, 0.29) is 18.3 Å². The van der Waals surface area contributed by atoms with Crippen LogP contribution in [-0.4, -0.2) is 20.7 Å². The zero-order valence-corrected chi connectivity index (χ0v) is 17.0. The number of anilines is 1. The Morgan fingerprint density at radius 1 is 1.06 bits per heavy atom. The van der Waals surface area contributed by atoms with Gasteiger partial charge in [0, 0.05) is 0 Å². The van der Waals surface area contributed by atoms with Gasteiger partial charge in [-0.3, -0.25) is 10.1 Å². The van der Waals surface area contributed by atoms with Crippen LogP contribution < -0.4 is 10.1 Å². The second kappa shape index (κ2) is 8.47. The Morgan fingerprint density at radius 2 is 1.94 bits per heavy atom. The average molecular weight is 414 g/mol. The number of ether oxygens (including phenoxy) is 1. The Morgan fingerprint density at radius 3 is 2.84 bits per heavy atom. The number of aromatic nitrogens is 3. The van der Waals surface area contributed by atoms with Gasteiger partial charge < -0.3 is 9.15 Å². The van der Waals surface area contributed by atoms with E-state index in [2.05, 4.69) is 27.5 Å². The fourth-order valence-electron chi connectivity index (χ4n) is 3.73. The molecule has 1 amide bonds. The molecular weight excluding hydrogens is 392 g/mol. The molecule has 2 heterocycles. The van der Waals surface area contributed by atoms with Crippen LogP contribution in [0.3, 0.4) is 0 Å². The summed E-state index contributed by atoms with van der Waals surface area (Å²) in [4.78, 5) is 16.6. The lowest BCUT2D eigenvalue weighted by Gasteiger charge is -2.06. The van der Waals surface area contributed by atoms with Crippen molar-refractivity contribution in [3.63, 3.8) is 0 Å². The number of fused-ring (bicyclic) bond motifs is 1. The summed E-state index contributed by atoms with van der Waals surface area (Å²) in [6.07, 6.45) is 5.04. The van der Waals surface area contributed by atoms with E-state index >= 15 is 0 Å². The maximum atomic E-state index is 12.5. The lowest BCUT2D eigenvalue weighted by atomic mass is 10.1. The van der Waals surface area contributed by atoms with E-state index in [0.717, 1.165) is 24.2 Å². The van der Waals surface area contributed by atoms with Crippen molar-refractivity contribution < 1.29 is 13.9 Å². The van der Waals surface area contributed by atoms with Crippen molar-refractivity contribution in [1.29, 1.82) is 0 Å². The fraction of sp³-hybridized carbons (Fsp3) is 0.208. The largest absolute Gasteiger partial charge is 0.486 e. The van der Waals surface area contributed by atoms with Crippen molar-refractivity contribution >= 4 is 11.9 Å². The van der Waals surface area contributed by atoms with E-state index in [1.807, 2.05) is 36.4 Å². The summed E-state index contributed by atoms with van der Waals surface area (Å²) >= 11 is 0. The zero-order valence-electron chi connectivity index (χ0n) is 17.0. The number of carbonyl (C=O) groups is 1. The van der Waals surface area contributed by atoms with Gasteiger partial charge in [0.2, 0.25) is 5.95 Å². The number of carbonyl (C=O) groups excluding carboxylic acids is 1. The van der Waals surface area contributed by atoms with Crippen LogP contribution in [0.5, 0.6) is 5.75 Å². The third kappa shape index (κ3) is 4.50. The van der Waals surface area contributed by atoms with Gasteiger partial charge in [0.1, 0.15) is 24.4 Å². The topological polar surface area (TPSA) is 82.2 Å². The highest BCUT2D eigenvalue weighted by molar-refractivity contribution is 6.01. The molecule has 2 aromatic heterocycles. The normalized spacial score (nSPS) is 12.5. The van der Waals surface area contributed by atoms with Gasteiger partial charge in [-0.05, 0) is 60.2 Å². The second-order valence-electron chi connectivity index (χ2n) is 7.54. The number of hydrogen-bond acceptors (Lipinski definition) is 5. The Bertz CT molecular complexity index is 1200. The molecule has 0 aliphatic heterocycles. The molecule has 0 saturated carbocycles. The summed E-state index contributed by atoms with van der Waals surface area (Å²) in [5, 5.41) is 6.95. The molecule has 0 bridgehead atoms. The Hall–Kier alpha value is -3.87. The van der Waals surface area contributed by atoms with Gasteiger partial charge in [-0.2, -0.15) is 0 Å². The van der Waals surface area contributed by atoms with Gasteiger partial charge in [-0.25, -0.2) is 9.67 Å². The first-order chi connectivity index (χ1) is 15.2. The number of furan rings is 1. The van der Waals surface area contributed by atoms with Gasteiger partial charge in [0.05, 0.1) is 6.54 Å². The van der Waals surface area contributed by atoms with Crippen molar-refractivity contribution in [3.05, 3.63) is 95.2 Å². The molecule has 7 heteroatoms. The molecule has 1 aliphatic carbocycles. The van der Waals surface area contributed by atoms with Crippen molar-refractivity contribution in [2.75, 3.05) is 5.32 Å². The number of nitrogens with one attached hydrogen (secondary N) is 1. The number of nitrogens with zero attached hydrogens (tertiary/aromatic N) is 3. The van der Waals surface area contributed by atoms with Crippen molar-refractivity contribution in [2.45, 2.75) is 32.4 Å². The molecule has 1 aliphatic rings. The molecule has 7 nitrogen and oxygen atoms in total. The number of hydrogen-bond donors (Lipinski definition) is 1. The van der Waals surface area contributed by atoms with E-state index in [0.29, 0.717) is 12.3 Å².